The molecule has 0 saturated carbocycles. The summed E-state index contributed by atoms with van der Waals surface area (Å²) in [5.74, 6) is 0. The highest BCUT2D eigenvalue weighted by Gasteiger charge is 2.16. The van der Waals surface area contributed by atoms with E-state index in [2.05, 4.69) is 4.74 Å². The molecule has 3 N–H and O–H groups in total. The molecule has 4 heteroatoms. The summed E-state index contributed by atoms with van der Waals surface area (Å²) in [5.41, 5.74) is 0. The normalized spacial score (nSPS) is 20.1. The molecule has 0 aromatic rings. The summed E-state index contributed by atoms with van der Waals surface area (Å²) in [6.45, 7) is 1.53. The molecule has 0 aliphatic carbocycles. The summed E-state index contributed by atoms with van der Waals surface area (Å²) < 4.78 is 4.41. The van der Waals surface area contributed by atoms with E-state index in [1.165, 1.54) is 14.0 Å². The van der Waals surface area contributed by atoms with Gasteiger partial charge in [-0.05, 0) is 6.92 Å². The third kappa shape index (κ3) is 3.79. The van der Waals surface area contributed by atoms with Crippen molar-refractivity contribution < 1.29 is 20.1 Å². The van der Waals surface area contributed by atoms with Crippen LogP contribution in [0.1, 0.15) is 13.3 Å². The lowest BCUT2D eigenvalue weighted by atomic mass is 10.2. The zero-order valence-corrected chi connectivity index (χ0v) is 6.19. The Hall–Kier alpha value is -0.160. The van der Waals surface area contributed by atoms with Gasteiger partial charge in [-0.25, -0.2) is 0 Å². The van der Waals surface area contributed by atoms with Crippen molar-refractivity contribution in [3.63, 3.8) is 0 Å². The van der Waals surface area contributed by atoms with Crippen molar-refractivity contribution in [3.8, 4) is 0 Å². The van der Waals surface area contributed by atoms with Crippen molar-refractivity contribution in [2.24, 2.45) is 0 Å². The van der Waals surface area contributed by atoms with Crippen LogP contribution < -0.4 is 0 Å². The first-order valence-electron chi connectivity index (χ1n) is 3.15. The van der Waals surface area contributed by atoms with Gasteiger partial charge in [-0.3, -0.25) is 0 Å². The van der Waals surface area contributed by atoms with Crippen molar-refractivity contribution in [3.05, 3.63) is 0 Å². The second kappa shape index (κ2) is 4.62. The van der Waals surface area contributed by atoms with Crippen LogP contribution in [-0.2, 0) is 4.74 Å². The number of methoxy groups -OCH3 is 1. The molecular weight excluding hydrogens is 136 g/mol. The van der Waals surface area contributed by atoms with Crippen LogP contribution in [0.3, 0.4) is 0 Å². The Morgan fingerprint density at radius 1 is 1.30 bits per heavy atom. The lowest BCUT2D eigenvalue weighted by Gasteiger charge is -2.16. The first kappa shape index (κ1) is 9.84. The van der Waals surface area contributed by atoms with Gasteiger partial charge in [0, 0.05) is 13.5 Å². The Morgan fingerprint density at radius 3 is 2.10 bits per heavy atom. The van der Waals surface area contributed by atoms with Gasteiger partial charge >= 0.3 is 0 Å². The minimum atomic E-state index is -1.20. The molecule has 0 radical (unpaired) electrons. The fourth-order valence-electron chi connectivity index (χ4n) is 0.623. The third-order valence-electron chi connectivity index (χ3n) is 1.15. The van der Waals surface area contributed by atoms with E-state index < -0.39 is 18.5 Å². The van der Waals surface area contributed by atoms with Crippen molar-refractivity contribution >= 4 is 0 Å². The molecular formula is C6H14O4. The summed E-state index contributed by atoms with van der Waals surface area (Å²) in [6, 6.07) is 0. The Bertz CT molecular complexity index is 83.8. The van der Waals surface area contributed by atoms with Crippen molar-refractivity contribution in [1.82, 2.24) is 0 Å². The lowest BCUT2D eigenvalue weighted by Crippen LogP contribution is -2.30. The van der Waals surface area contributed by atoms with E-state index in [1.807, 2.05) is 0 Å². The highest BCUT2D eigenvalue weighted by Crippen LogP contribution is 2.02. The van der Waals surface area contributed by atoms with Gasteiger partial charge in [0.1, 0.15) is 6.10 Å². The molecule has 3 atom stereocenters. The zero-order chi connectivity index (χ0) is 8.15. The van der Waals surface area contributed by atoms with Crippen LogP contribution in [0.4, 0.5) is 0 Å². The highest BCUT2D eigenvalue weighted by molar-refractivity contribution is 4.61. The average Bonchev–Trinajstić information content (AvgIpc) is 1.85. The van der Waals surface area contributed by atoms with E-state index in [9.17, 15) is 0 Å². The number of ether oxygens (including phenoxy) is 1. The fraction of sp³-hybridized carbons (Fsp3) is 1.00. The van der Waals surface area contributed by atoms with Gasteiger partial charge in [-0.2, -0.15) is 0 Å². The van der Waals surface area contributed by atoms with Crippen LogP contribution in [0, 0.1) is 0 Å². The second-order valence-electron chi connectivity index (χ2n) is 2.28. The molecule has 0 fully saturated rings. The molecule has 1 unspecified atom stereocenters. The Morgan fingerprint density at radius 2 is 1.80 bits per heavy atom. The molecule has 0 aliphatic heterocycles. The van der Waals surface area contributed by atoms with E-state index in [-0.39, 0.29) is 6.42 Å². The molecule has 0 heterocycles. The first-order chi connectivity index (χ1) is 4.57. The van der Waals surface area contributed by atoms with Gasteiger partial charge in [0.2, 0.25) is 0 Å². The molecule has 62 valence electrons. The van der Waals surface area contributed by atoms with E-state index in [1.54, 1.807) is 0 Å². The second-order valence-corrected chi connectivity index (χ2v) is 2.28. The van der Waals surface area contributed by atoms with E-state index in [0.29, 0.717) is 0 Å². The number of hydrogen-bond donors (Lipinski definition) is 3. The van der Waals surface area contributed by atoms with Crippen LogP contribution in [0.2, 0.25) is 0 Å². The summed E-state index contributed by atoms with van der Waals surface area (Å²) in [5, 5.41) is 26.5. The van der Waals surface area contributed by atoms with E-state index >= 15 is 0 Å². The molecule has 0 amide bonds. The number of rotatable bonds is 4. The number of aliphatic hydroxyl groups excluding tert-OH is 3. The van der Waals surface area contributed by atoms with Crippen LogP contribution in [0.5, 0.6) is 0 Å². The molecule has 0 aromatic heterocycles. The maximum atomic E-state index is 8.95. The molecule has 0 saturated heterocycles. The molecule has 0 spiro atoms. The SMILES string of the molecule is COC(O)[C@@H](O)C[C@@H](C)O. The monoisotopic (exact) mass is 150 g/mol. The van der Waals surface area contributed by atoms with Gasteiger partial charge in [0.25, 0.3) is 0 Å². The standard InChI is InChI=1S/C6H14O4/c1-4(7)3-5(8)6(9)10-2/h4-9H,3H2,1-2H3/t4-,5+,6?/m1/s1. The smallest absolute Gasteiger partial charge is 0.180 e. The van der Waals surface area contributed by atoms with Gasteiger partial charge in [-0.1, -0.05) is 0 Å². The number of aliphatic hydroxyl groups is 3. The largest absolute Gasteiger partial charge is 0.393 e. The van der Waals surface area contributed by atoms with E-state index in [0.717, 1.165) is 0 Å². The van der Waals surface area contributed by atoms with Crippen molar-refractivity contribution in [2.75, 3.05) is 7.11 Å². The highest BCUT2D eigenvalue weighted by atomic mass is 16.6. The zero-order valence-electron chi connectivity index (χ0n) is 6.19. The van der Waals surface area contributed by atoms with Crippen LogP contribution in [0.25, 0.3) is 0 Å². The number of hydrogen-bond acceptors (Lipinski definition) is 4. The molecule has 0 rings (SSSR count). The van der Waals surface area contributed by atoms with Gasteiger partial charge in [-0.15, -0.1) is 0 Å². The minimum absolute atomic E-state index is 0.120. The summed E-state index contributed by atoms with van der Waals surface area (Å²) >= 11 is 0. The molecule has 0 aliphatic rings. The minimum Gasteiger partial charge on any atom is -0.393 e. The Kier molecular flexibility index (Phi) is 4.55. The first-order valence-corrected chi connectivity index (χ1v) is 3.15. The molecule has 10 heavy (non-hydrogen) atoms. The average molecular weight is 150 g/mol. The molecule has 0 bridgehead atoms. The van der Waals surface area contributed by atoms with Crippen LogP contribution >= 0.6 is 0 Å². The molecule has 4 nitrogen and oxygen atoms in total. The molecule has 0 aromatic carbocycles. The topological polar surface area (TPSA) is 69.9 Å². The van der Waals surface area contributed by atoms with Gasteiger partial charge < -0.3 is 20.1 Å². The summed E-state index contributed by atoms with van der Waals surface area (Å²) in [6.07, 6.45) is -2.71. The van der Waals surface area contributed by atoms with Crippen molar-refractivity contribution in [1.29, 1.82) is 0 Å². The van der Waals surface area contributed by atoms with Crippen LogP contribution in [0.15, 0.2) is 0 Å². The van der Waals surface area contributed by atoms with E-state index in [4.69, 9.17) is 15.3 Å². The quantitative estimate of drug-likeness (QED) is 0.453. The Labute approximate surface area is 60.1 Å². The predicted molar refractivity (Wildman–Crippen MR) is 35.3 cm³/mol. The third-order valence-corrected chi connectivity index (χ3v) is 1.15. The predicted octanol–water partition coefficient (Wildman–Crippen LogP) is -0.917. The lowest BCUT2D eigenvalue weighted by molar-refractivity contribution is -0.151. The van der Waals surface area contributed by atoms with Crippen LogP contribution in [-0.4, -0.2) is 40.9 Å². The Balaban J connectivity index is 3.50. The summed E-state index contributed by atoms with van der Waals surface area (Å²) in [7, 11) is 1.29. The maximum absolute atomic E-state index is 8.95. The van der Waals surface area contributed by atoms with Gasteiger partial charge in [0.05, 0.1) is 6.10 Å². The fourth-order valence-corrected chi connectivity index (χ4v) is 0.623. The van der Waals surface area contributed by atoms with Crippen molar-refractivity contribution in [2.45, 2.75) is 31.8 Å². The van der Waals surface area contributed by atoms with Gasteiger partial charge in [0.15, 0.2) is 6.29 Å². The summed E-state index contributed by atoms with van der Waals surface area (Å²) in [4.78, 5) is 0. The maximum Gasteiger partial charge on any atom is 0.180 e.